The number of rotatable bonds is 6. The van der Waals surface area contributed by atoms with E-state index < -0.39 is 0 Å². The average molecular weight is 312 g/mol. The van der Waals surface area contributed by atoms with Crippen molar-refractivity contribution >= 4 is 12.0 Å². The van der Waals surface area contributed by atoms with Gasteiger partial charge in [0.25, 0.3) is 0 Å². The molecule has 1 N–H and O–H groups in total. The van der Waals surface area contributed by atoms with Crippen molar-refractivity contribution in [1.82, 2.24) is 10.3 Å². The zero-order chi connectivity index (χ0) is 15.9. The second-order valence-corrected chi connectivity index (χ2v) is 4.74. The van der Waals surface area contributed by atoms with Crippen LogP contribution in [0.2, 0.25) is 0 Å². The van der Waals surface area contributed by atoms with Crippen molar-refractivity contribution in [3.63, 3.8) is 0 Å². The Morgan fingerprint density at radius 1 is 1.26 bits per heavy atom. The van der Waals surface area contributed by atoms with Gasteiger partial charge < -0.3 is 19.5 Å². The summed E-state index contributed by atoms with van der Waals surface area (Å²) in [5, 5.41) is 2.74. The van der Waals surface area contributed by atoms with Crippen molar-refractivity contribution in [2.24, 2.45) is 0 Å². The van der Waals surface area contributed by atoms with Crippen molar-refractivity contribution < 1.29 is 19.0 Å². The highest BCUT2D eigenvalue weighted by Crippen LogP contribution is 2.34. The molecule has 0 saturated heterocycles. The second kappa shape index (κ2) is 7.31. The van der Waals surface area contributed by atoms with Crippen LogP contribution in [-0.2, 0) is 4.79 Å². The molecule has 23 heavy (non-hydrogen) atoms. The van der Waals surface area contributed by atoms with E-state index in [4.69, 9.17) is 14.2 Å². The number of pyridine rings is 1. The first kappa shape index (κ1) is 14.9. The highest BCUT2D eigenvalue weighted by molar-refractivity contribution is 5.91. The molecular weight excluding hydrogens is 296 g/mol. The summed E-state index contributed by atoms with van der Waals surface area (Å²) >= 11 is 0. The number of nitrogens with one attached hydrogen (secondary N) is 1. The number of hydrogen-bond acceptors (Lipinski definition) is 5. The van der Waals surface area contributed by atoms with Gasteiger partial charge in [-0.25, -0.2) is 0 Å². The third kappa shape index (κ3) is 4.23. The van der Waals surface area contributed by atoms with Gasteiger partial charge in [0.2, 0.25) is 12.7 Å². The molecule has 0 unspecified atom stereocenters. The summed E-state index contributed by atoms with van der Waals surface area (Å²) in [6.07, 6.45) is 4.79. The van der Waals surface area contributed by atoms with Crippen LogP contribution in [0.5, 0.6) is 17.2 Å². The molecule has 0 fully saturated rings. The molecule has 0 saturated carbocycles. The van der Waals surface area contributed by atoms with Gasteiger partial charge >= 0.3 is 0 Å². The first-order valence-corrected chi connectivity index (χ1v) is 7.21. The van der Waals surface area contributed by atoms with Gasteiger partial charge in [0.1, 0.15) is 12.4 Å². The molecule has 0 aliphatic carbocycles. The first-order chi connectivity index (χ1) is 11.3. The molecule has 3 rings (SSSR count). The van der Waals surface area contributed by atoms with Crippen LogP contribution in [0.4, 0.5) is 0 Å². The molecule has 0 radical (unpaired) electrons. The van der Waals surface area contributed by atoms with Crippen LogP contribution in [0, 0.1) is 0 Å². The van der Waals surface area contributed by atoms with Crippen molar-refractivity contribution in [1.29, 1.82) is 0 Å². The third-order valence-electron chi connectivity index (χ3n) is 3.11. The molecule has 1 aromatic carbocycles. The number of hydrogen-bond donors (Lipinski definition) is 1. The minimum Gasteiger partial charge on any atom is -0.492 e. The molecule has 1 amide bonds. The summed E-state index contributed by atoms with van der Waals surface area (Å²) < 4.78 is 16.1. The molecule has 2 aromatic rings. The number of ether oxygens (including phenoxy) is 3. The van der Waals surface area contributed by atoms with Crippen LogP contribution < -0.4 is 19.5 Å². The highest BCUT2D eigenvalue weighted by atomic mass is 16.7. The van der Waals surface area contributed by atoms with E-state index in [2.05, 4.69) is 10.3 Å². The van der Waals surface area contributed by atoms with Crippen LogP contribution in [0.15, 0.2) is 48.7 Å². The van der Waals surface area contributed by atoms with Gasteiger partial charge in [0, 0.05) is 18.3 Å². The summed E-state index contributed by atoms with van der Waals surface area (Å²) in [5.41, 5.74) is 0.735. The standard InChI is InChI=1S/C17H16N2O4/c20-17(7-4-13-3-1-2-8-18-13)19-9-10-21-14-5-6-15-16(11-14)23-12-22-15/h1-8,11H,9-10,12H2,(H,19,20). The SMILES string of the molecule is O=C(C=Cc1ccccn1)NCCOc1ccc2c(c1)OCO2. The lowest BCUT2D eigenvalue weighted by Gasteiger charge is -2.07. The van der Waals surface area contributed by atoms with Crippen LogP contribution in [0.25, 0.3) is 6.08 Å². The summed E-state index contributed by atoms with van der Waals surface area (Å²) in [6.45, 7) is 1.00. The van der Waals surface area contributed by atoms with E-state index >= 15 is 0 Å². The maximum atomic E-state index is 11.7. The maximum absolute atomic E-state index is 11.7. The van der Waals surface area contributed by atoms with Crippen LogP contribution in [-0.4, -0.2) is 30.8 Å². The van der Waals surface area contributed by atoms with Crippen molar-refractivity contribution in [3.05, 3.63) is 54.4 Å². The van der Waals surface area contributed by atoms with Crippen LogP contribution in [0.3, 0.4) is 0 Å². The number of benzene rings is 1. The largest absolute Gasteiger partial charge is 0.492 e. The summed E-state index contributed by atoms with van der Waals surface area (Å²) in [6, 6.07) is 10.9. The fraction of sp³-hybridized carbons (Fsp3) is 0.176. The van der Waals surface area contributed by atoms with Gasteiger partial charge in [-0.1, -0.05) is 6.07 Å². The van der Waals surface area contributed by atoms with E-state index in [9.17, 15) is 4.79 Å². The zero-order valence-corrected chi connectivity index (χ0v) is 12.4. The van der Waals surface area contributed by atoms with Crippen LogP contribution in [0.1, 0.15) is 5.69 Å². The van der Waals surface area contributed by atoms with Gasteiger partial charge in [-0.2, -0.15) is 0 Å². The molecule has 1 aromatic heterocycles. The smallest absolute Gasteiger partial charge is 0.244 e. The van der Waals surface area contributed by atoms with Crippen molar-refractivity contribution in [2.75, 3.05) is 19.9 Å². The summed E-state index contributed by atoms with van der Waals surface area (Å²) in [4.78, 5) is 15.8. The minimum atomic E-state index is -0.190. The Morgan fingerprint density at radius 3 is 3.04 bits per heavy atom. The van der Waals surface area contributed by atoms with Crippen molar-refractivity contribution in [3.8, 4) is 17.2 Å². The fourth-order valence-electron chi connectivity index (χ4n) is 2.00. The monoisotopic (exact) mass is 312 g/mol. The lowest BCUT2D eigenvalue weighted by Crippen LogP contribution is -2.26. The van der Waals surface area contributed by atoms with Crippen LogP contribution >= 0.6 is 0 Å². The Hall–Kier alpha value is -3.02. The van der Waals surface area contributed by atoms with Gasteiger partial charge in [0.15, 0.2) is 11.5 Å². The molecule has 1 aliphatic heterocycles. The Morgan fingerprint density at radius 2 is 2.17 bits per heavy atom. The predicted molar refractivity (Wildman–Crippen MR) is 84.3 cm³/mol. The first-order valence-electron chi connectivity index (χ1n) is 7.21. The minimum absolute atomic E-state index is 0.190. The Bertz CT molecular complexity index is 701. The van der Waals surface area contributed by atoms with E-state index in [1.165, 1.54) is 6.08 Å². The lowest BCUT2D eigenvalue weighted by atomic mass is 10.3. The van der Waals surface area contributed by atoms with E-state index in [0.717, 1.165) is 5.69 Å². The highest BCUT2D eigenvalue weighted by Gasteiger charge is 2.13. The number of carbonyl (C=O) groups excluding carboxylic acids is 1. The molecule has 6 heteroatoms. The Balaban J connectivity index is 1.39. The fourth-order valence-corrected chi connectivity index (χ4v) is 2.00. The quantitative estimate of drug-likeness (QED) is 0.653. The molecule has 0 bridgehead atoms. The second-order valence-electron chi connectivity index (χ2n) is 4.74. The van der Waals surface area contributed by atoms with Gasteiger partial charge in [0.05, 0.1) is 12.2 Å². The summed E-state index contributed by atoms with van der Waals surface area (Å²) in [7, 11) is 0. The third-order valence-corrected chi connectivity index (χ3v) is 3.11. The Kier molecular flexibility index (Phi) is 4.73. The number of amides is 1. The molecule has 1 aliphatic rings. The lowest BCUT2D eigenvalue weighted by molar-refractivity contribution is -0.116. The Labute approximate surface area is 133 Å². The zero-order valence-electron chi connectivity index (χ0n) is 12.4. The average Bonchev–Trinajstić information content (AvgIpc) is 3.05. The molecule has 118 valence electrons. The number of aromatic nitrogens is 1. The number of carbonyl (C=O) groups is 1. The molecule has 2 heterocycles. The van der Waals surface area contributed by atoms with Crippen molar-refractivity contribution in [2.45, 2.75) is 0 Å². The predicted octanol–water partition coefficient (Wildman–Crippen LogP) is 2.02. The topological polar surface area (TPSA) is 69.7 Å². The molecule has 0 atom stereocenters. The van der Waals surface area contributed by atoms with Gasteiger partial charge in [-0.15, -0.1) is 0 Å². The van der Waals surface area contributed by atoms with Gasteiger partial charge in [-0.3, -0.25) is 9.78 Å². The summed E-state index contributed by atoms with van der Waals surface area (Å²) in [5.74, 6) is 1.87. The van der Waals surface area contributed by atoms with E-state index in [1.54, 1.807) is 30.5 Å². The molecule has 6 nitrogen and oxygen atoms in total. The molecular formula is C17H16N2O4. The van der Waals surface area contributed by atoms with E-state index in [1.807, 2.05) is 18.2 Å². The maximum Gasteiger partial charge on any atom is 0.244 e. The normalized spacial score (nSPS) is 12.3. The molecule has 0 spiro atoms. The number of fused-ring (bicyclic) bond motifs is 1. The van der Waals surface area contributed by atoms with Gasteiger partial charge in [-0.05, 0) is 30.3 Å². The van der Waals surface area contributed by atoms with E-state index in [0.29, 0.717) is 30.4 Å². The number of nitrogens with zero attached hydrogens (tertiary/aromatic N) is 1. The van der Waals surface area contributed by atoms with E-state index in [-0.39, 0.29) is 12.7 Å².